The second-order valence-corrected chi connectivity index (χ2v) is 6.10. The van der Waals surface area contributed by atoms with Crippen molar-refractivity contribution in [3.63, 3.8) is 0 Å². The van der Waals surface area contributed by atoms with Crippen molar-refractivity contribution in [3.05, 3.63) is 0 Å². The van der Waals surface area contributed by atoms with E-state index in [0.717, 1.165) is 30.9 Å². The number of methoxy groups -OCH3 is 1. The maximum Gasteiger partial charge on any atom is 0.221 e. The topological polar surface area (TPSA) is 50.4 Å². The molecule has 0 spiro atoms. The van der Waals surface area contributed by atoms with Gasteiger partial charge in [-0.25, -0.2) is 0 Å². The van der Waals surface area contributed by atoms with Gasteiger partial charge in [-0.05, 0) is 19.3 Å². The third-order valence-electron chi connectivity index (χ3n) is 3.74. The van der Waals surface area contributed by atoms with Gasteiger partial charge < -0.3 is 15.4 Å². The van der Waals surface area contributed by atoms with Gasteiger partial charge in [0, 0.05) is 44.2 Å². The van der Waals surface area contributed by atoms with Crippen LogP contribution in [0.15, 0.2) is 0 Å². The average Bonchev–Trinajstić information content (AvgIpc) is 2.29. The minimum Gasteiger partial charge on any atom is -0.376 e. The Morgan fingerprint density at radius 3 is 2.94 bits per heavy atom. The van der Waals surface area contributed by atoms with Crippen molar-refractivity contribution < 1.29 is 9.53 Å². The number of hydrogen-bond donors (Lipinski definition) is 2. The van der Waals surface area contributed by atoms with Gasteiger partial charge >= 0.3 is 0 Å². The van der Waals surface area contributed by atoms with Crippen LogP contribution in [0, 0.1) is 0 Å². The molecule has 1 atom stereocenters. The highest BCUT2D eigenvalue weighted by Gasteiger charge is 2.37. The number of nitrogens with one attached hydrogen (secondary N) is 2. The van der Waals surface area contributed by atoms with Crippen LogP contribution in [0.3, 0.4) is 0 Å². The van der Waals surface area contributed by atoms with Crippen molar-refractivity contribution in [3.8, 4) is 0 Å². The first-order valence-corrected chi connectivity index (χ1v) is 7.53. The van der Waals surface area contributed by atoms with Crippen molar-refractivity contribution in [2.75, 3.05) is 31.7 Å². The molecular formula is C12H22N2O2S. The first-order chi connectivity index (χ1) is 8.24. The molecule has 1 saturated heterocycles. The lowest BCUT2D eigenvalue weighted by Gasteiger charge is -2.40. The summed E-state index contributed by atoms with van der Waals surface area (Å²) in [5.41, 5.74) is -0.0651. The lowest BCUT2D eigenvalue weighted by atomic mass is 9.80. The molecule has 98 valence electrons. The van der Waals surface area contributed by atoms with Gasteiger partial charge in [0.15, 0.2) is 0 Å². The summed E-state index contributed by atoms with van der Waals surface area (Å²) in [6.07, 6.45) is 3.94. The number of carbonyl (C=O) groups excluding carboxylic acids is 1. The van der Waals surface area contributed by atoms with E-state index in [1.54, 1.807) is 7.11 Å². The van der Waals surface area contributed by atoms with Crippen molar-refractivity contribution in [1.82, 2.24) is 10.6 Å². The van der Waals surface area contributed by atoms with Gasteiger partial charge in [0.05, 0.1) is 5.60 Å². The van der Waals surface area contributed by atoms with E-state index in [4.69, 9.17) is 4.74 Å². The van der Waals surface area contributed by atoms with E-state index in [2.05, 4.69) is 10.6 Å². The van der Waals surface area contributed by atoms with Crippen molar-refractivity contribution in [1.29, 1.82) is 0 Å². The monoisotopic (exact) mass is 258 g/mol. The largest absolute Gasteiger partial charge is 0.376 e. The summed E-state index contributed by atoms with van der Waals surface area (Å²) >= 11 is 1.92. The Kier molecular flexibility index (Phi) is 4.70. The summed E-state index contributed by atoms with van der Waals surface area (Å²) in [5, 5.41) is 6.39. The normalized spacial score (nSPS) is 27.2. The molecule has 17 heavy (non-hydrogen) atoms. The molecule has 1 amide bonds. The molecule has 2 rings (SSSR count). The highest BCUT2D eigenvalue weighted by Crippen LogP contribution is 2.34. The molecule has 1 aliphatic heterocycles. The minimum absolute atomic E-state index is 0.0651. The van der Waals surface area contributed by atoms with E-state index < -0.39 is 0 Å². The first-order valence-electron chi connectivity index (χ1n) is 6.37. The molecule has 2 aliphatic rings. The minimum atomic E-state index is -0.0651. The van der Waals surface area contributed by atoms with Crippen molar-refractivity contribution >= 4 is 17.7 Å². The van der Waals surface area contributed by atoms with Crippen LogP contribution >= 0.6 is 11.8 Å². The number of thioether (sulfide) groups is 1. The molecule has 2 N–H and O–H groups in total. The first kappa shape index (κ1) is 13.2. The molecule has 2 fully saturated rings. The Bertz CT molecular complexity index is 258. The molecule has 1 saturated carbocycles. The van der Waals surface area contributed by atoms with E-state index in [9.17, 15) is 4.79 Å². The summed E-state index contributed by atoms with van der Waals surface area (Å²) in [5.74, 6) is 2.35. The summed E-state index contributed by atoms with van der Waals surface area (Å²) in [6, 6.07) is 0.341. The molecule has 0 aromatic heterocycles. The summed E-state index contributed by atoms with van der Waals surface area (Å²) in [6.45, 7) is 1.69. The Morgan fingerprint density at radius 1 is 1.59 bits per heavy atom. The highest BCUT2D eigenvalue weighted by molar-refractivity contribution is 7.99. The zero-order valence-corrected chi connectivity index (χ0v) is 11.3. The number of ether oxygens (including phenoxy) is 1. The van der Waals surface area contributed by atoms with Gasteiger partial charge in [-0.3, -0.25) is 4.79 Å². The predicted octanol–water partition coefficient (Wildman–Crippen LogP) is 0.767. The van der Waals surface area contributed by atoms with Gasteiger partial charge in [0.1, 0.15) is 0 Å². The molecule has 4 nitrogen and oxygen atoms in total. The van der Waals surface area contributed by atoms with E-state index in [0.29, 0.717) is 19.0 Å². The molecule has 0 aromatic rings. The summed E-state index contributed by atoms with van der Waals surface area (Å²) in [4.78, 5) is 11.8. The van der Waals surface area contributed by atoms with E-state index in [-0.39, 0.29) is 11.5 Å². The molecule has 0 radical (unpaired) electrons. The standard InChI is InChI=1S/C12H22N2O2S/c1-16-12(3-2-4-12)9-14-11(15)7-10-8-17-6-5-13-10/h10,13H,2-9H2,1H3,(H,14,15). The quantitative estimate of drug-likeness (QED) is 0.765. The molecule has 1 unspecified atom stereocenters. The second-order valence-electron chi connectivity index (χ2n) is 4.95. The van der Waals surface area contributed by atoms with Crippen LogP contribution < -0.4 is 10.6 Å². The molecule has 0 aromatic carbocycles. The maximum absolute atomic E-state index is 11.8. The molecular weight excluding hydrogens is 236 g/mol. The zero-order chi connectivity index (χ0) is 12.1. The summed E-state index contributed by atoms with van der Waals surface area (Å²) in [7, 11) is 1.74. The smallest absolute Gasteiger partial charge is 0.221 e. The Morgan fingerprint density at radius 2 is 2.41 bits per heavy atom. The number of hydrogen-bond acceptors (Lipinski definition) is 4. The molecule has 0 bridgehead atoms. The fourth-order valence-corrected chi connectivity index (χ4v) is 3.28. The number of rotatable bonds is 5. The molecule has 1 heterocycles. The van der Waals surface area contributed by atoms with Gasteiger partial charge in [-0.15, -0.1) is 0 Å². The Balaban J connectivity index is 1.66. The third kappa shape index (κ3) is 3.60. The van der Waals surface area contributed by atoms with Crippen LogP contribution in [0.1, 0.15) is 25.7 Å². The van der Waals surface area contributed by atoms with Gasteiger partial charge in [-0.2, -0.15) is 11.8 Å². The fraction of sp³-hybridized carbons (Fsp3) is 0.917. The van der Waals surface area contributed by atoms with Crippen LogP contribution in [0.4, 0.5) is 0 Å². The van der Waals surface area contributed by atoms with E-state index in [1.165, 1.54) is 6.42 Å². The maximum atomic E-state index is 11.8. The Labute approximate surface area is 107 Å². The number of carbonyl (C=O) groups is 1. The van der Waals surface area contributed by atoms with Crippen LogP contribution in [0.2, 0.25) is 0 Å². The fourth-order valence-electron chi connectivity index (χ4n) is 2.33. The van der Waals surface area contributed by atoms with Crippen LogP contribution in [0.5, 0.6) is 0 Å². The van der Waals surface area contributed by atoms with Crippen LogP contribution in [0.25, 0.3) is 0 Å². The lowest BCUT2D eigenvalue weighted by molar-refractivity contribution is -0.125. The highest BCUT2D eigenvalue weighted by atomic mass is 32.2. The molecule has 1 aliphatic carbocycles. The van der Waals surface area contributed by atoms with Crippen molar-refractivity contribution in [2.45, 2.75) is 37.3 Å². The van der Waals surface area contributed by atoms with E-state index in [1.807, 2.05) is 11.8 Å². The van der Waals surface area contributed by atoms with Crippen LogP contribution in [-0.4, -0.2) is 49.3 Å². The SMILES string of the molecule is COC1(CNC(=O)CC2CSCCN2)CCC1. The number of amides is 1. The van der Waals surface area contributed by atoms with Crippen LogP contribution in [-0.2, 0) is 9.53 Å². The van der Waals surface area contributed by atoms with E-state index >= 15 is 0 Å². The van der Waals surface area contributed by atoms with Gasteiger partial charge in [0.2, 0.25) is 5.91 Å². The Hall–Kier alpha value is -0.260. The van der Waals surface area contributed by atoms with Crippen molar-refractivity contribution in [2.24, 2.45) is 0 Å². The third-order valence-corrected chi connectivity index (χ3v) is 4.87. The lowest BCUT2D eigenvalue weighted by Crippen LogP contribution is -2.50. The second kappa shape index (κ2) is 6.07. The van der Waals surface area contributed by atoms with Gasteiger partial charge in [0.25, 0.3) is 0 Å². The summed E-state index contributed by atoms with van der Waals surface area (Å²) < 4.78 is 5.48. The van der Waals surface area contributed by atoms with Gasteiger partial charge in [-0.1, -0.05) is 0 Å². The average molecular weight is 258 g/mol. The zero-order valence-electron chi connectivity index (χ0n) is 10.5. The molecule has 5 heteroatoms. The predicted molar refractivity (Wildman–Crippen MR) is 70.3 cm³/mol.